The Morgan fingerprint density at radius 3 is 1.83 bits per heavy atom. The molecule has 0 radical (unpaired) electrons. The van der Waals surface area contributed by atoms with E-state index in [4.69, 9.17) is 9.47 Å². The molecule has 0 aliphatic heterocycles. The molecule has 0 unspecified atom stereocenters. The molecule has 0 aromatic heterocycles. The summed E-state index contributed by atoms with van der Waals surface area (Å²) in [6.45, 7) is 2.01. The highest BCUT2D eigenvalue weighted by atomic mass is 16.5. The van der Waals surface area contributed by atoms with Crippen LogP contribution in [0.15, 0.2) is 78.9 Å². The van der Waals surface area contributed by atoms with E-state index < -0.39 is 29.4 Å². The lowest BCUT2D eigenvalue weighted by atomic mass is 9.96. The Kier molecular flexibility index (Phi) is 8.33. The van der Waals surface area contributed by atoms with E-state index in [9.17, 15) is 39.6 Å². The fourth-order valence-corrected chi connectivity index (χ4v) is 4.32. The third-order valence-corrected chi connectivity index (χ3v) is 6.15. The number of benzene rings is 4. The van der Waals surface area contributed by atoms with Crippen molar-refractivity contribution < 1.29 is 49.1 Å². The first-order valence-electron chi connectivity index (χ1n) is 12.4. The van der Waals surface area contributed by atoms with Gasteiger partial charge in [0.05, 0.1) is 16.7 Å². The van der Waals surface area contributed by atoms with Gasteiger partial charge in [0.25, 0.3) is 0 Å². The van der Waals surface area contributed by atoms with E-state index in [0.29, 0.717) is 17.9 Å². The van der Waals surface area contributed by atoms with Crippen molar-refractivity contribution in [2.24, 2.45) is 0 Å². The molecule has 4 N–H and O–H groups in total. The number of hydrogen-bond acceptors (Lipinski definition) is 6. The molecule has 208 valence electrons. The van der Waals surface area contributed by atoms with Crippen molar-refractivity contribution in [3.05, 3.63) is 107 Å². The second kappa shape index (κ2) is 12.0. The summed E-state index contributed by atoms with van der Waals surface area (Å²) in [6.07, 6.45) is 1.49. The normalized spacial score (nSPS) is 10.6. The zero-order valence-corrected chi connectivity index (χ0v) is 21.7. The van der Waals surface area contributed by atoms with Crippen LogP contribution in [0.5, 0.6) is 23.0 Å². The Morgan fingerprint density at radius 2 is 1.22 bits per heavy atom. The molecular formula is C31H24O10. The lowest BCUT2D eigenvalue weighted by Gasteiger charge is -2.15. The van der Waals surface area contributed by atoms with Crippen molar-refractivity contribution >= 4 is 23.9 Å². The smallest absolute Gasteiger partial charge is 0.340 e. The van der Waals surface area contributed by atoms with Gasteiger partial charge in [0.15, 0.2) is 0 Å². The van der Waals surface area contributed by atoms with Gasteiger partial charge in [-0.2, -0.15) is 0 Å². The summed E-state index contributed by atoms with van der Waals surface area (Å²) in [5, 5.41) is 37.5. The van der Waals surface area contributed by atoms with Gasteiger partial charge in [-0.1, -0.05) is 37.6 Å². The highest BCUT2D eigenvalue weighted by molar-refractivity contribution is 6.04. The van der Waals surface area contributed by atoms with Crippen molar-refractivity contribution in [3.63, 3.8) is 0 Å². The number of carbonyl (C=O) groups is 4. The predicted octanol–water partition coefficient (Wildman–Crippen LogP) is 6.68. The summed E-state index contributed by atoms with van der Waals surface area (Å²) in [5.41, 5.74) is 1.11. The zero-order valence-electron chi connectivity index (χ0n) is 21.7. The molecule has 4 rings (SSSR count). The van der Waals surface area contributed by atoms with E-state index in [1.165, 1.54) is 30.3 Å². The van der Waals surface area contributed by atoms with Crippen molar-refractivity contribution in [3.8, 4) is 34.1 Å². The van der Waals surface area contributed by atoms with Gasteiger partial charge >= 0.3 is 23.9 Å². The number of rotatable bonds is 11. The Bertz CT molecular complexity index is 1650. The lowest BCUT2D eigenvalue weighted by Crippen LogP contribution is -2.09. The average molecular weight is 557 g/mol. The van der Waals surface area contributed by atoms with Crippen LogP contribution in [0.25, 0.3) is 11.1 Å². The second-order valence-electron chi connectivity index (χ2n) is 8.90. The molecule has 0 amide bonds. The maximum atomic E-state index is 11.8. The molecule has 0 heterocycles. The number of carboxylic acid groups (broad SMARTS) is 4. The number of aromatic carboxylic acids is 4. The van der Waals surface area contributed by atoms with E-state index in [1.54, 1.807) is 24.3 Å². The van der Waals surface area contributed by atoms with Crippen LogP contribution in [-0.2, 0) is 6.42 Å². The van der Waals surface area contributed by atoms with Crippen molar-refractivity contribution in [1.29, 1.82) is 0 Å². The Morgan fingerprint density at radius 1 is 0.610 bits per heavy atom. The first-order chi connectivity index (χ1) is 19.6. The first-order valence-corrected chi connectivity index (χ1v) is 12.4. The van der Waals surface area contributed by atoms with Crippen LogP contribution in [0.1, 0.15) is 60.3 Å². The number of hydrogen-bond donors (Lipinski definition) is 4. The maximum absolute atomic E-state index is 11.8. The monoisotopic (exact) mass is 556 g/mol. The SMILES string of the molecule is CCCc1cc(Oc2cccc(C(=O)O)c2C(=O)O)ccc1-c1ccc(Oc2ccc(C(=O)O)c(C(=O)O)c2)cc1. The van der Waals surface area contributed by atoms with Gasteiger partial charge in [0.2, 0.25) is 0 Å². The van der Waals surface area contributed by atoms with Crippen LogP contribution >= 0.6 is 0 Å². The second-order valence-corrected chi connectivity index (χ2v) is 8.90. The largest absolute Gasteiger partial charge is 0.478 e. The standard InChI is InChI=1S/C31H24O10/c1-2-4-18-15-20(41-26-6-3-5-24(29(34)35)27(26)31(38)39)11-13-22(18)17-7-9-19(10-8-17)40-21-12-14-23(28(32)33)25(16-21)30(36)37/h3,5-16H,2,4H2,1H3,(H,32,33)(H,34,35)(H,36,37)(H,38,39). The third kappa shape index (κ3) is 6.34. The molecule has 0 saturated heterocycles. The van der Waals surface area contributed by atoms with Gasteiger partial charge in [-0.05, 0) is 77.7 Å². The topological polar surface area (TPSA) is 168 Å². The number of aryl methyl sites for hydroxylation is 1. The predicted molar refractivity (Wildman–Crippen MR) is 147 cm³/mol. The summed E-state index contributed by atoms with van der Waals surface area (Å²) < 4.78 is 11.6. The molecule has 0 aliphatic rings. The fraction of sp³-hybridized carbons (Fsp3) is 0.0968. The Hall–Kier alpha value is -5.64. The molecule has 0 atom stereocenters. The van der Waals surface area contributed by atoms with Crippen LogP contribution in [0.4, 0.5) is 0 Å². The third-order valence-electron chi connectivity index (χ3n) is 6.15. The molecule has 4 aromatic carbocycles. The highest BCUT2D eigenvalue weighted by Gasteiger charge is 2.22. The Balaban J connectivity index is 1.60. The quantitative estimate of drug-likeness (QED) is 0.156. The molecule has 10 heteroatoms. The van der Waals surface area contributed by atoms with Gasteiger partial charge in [0, 0.05) is 0 Å². The van der Waals surface area contributed by atoms with E-state index in [-0.39, 0.29) is 28.2 Å². The maximum Gasteiger partial charge on any atom is 0.340 e. The van der Waals surface area contributed by atoms with E-state index in [0.717, 1.165) is 29.2 Å². The van der Waals surface area contributed by atoms with Gasteiger partial charge in [-0.15, -0.1) is 0 Å². The Labute approximate surface area is 233 Å². The average Bonchev–Trinajstić information content (AvgIpc) is 2.93. The van der Waals surface area contributed by atoms with Crippen LogP contribution < -0.4 is 9.47 Å². The van der Waals surface area contributed by atoms with Gasteiger partial charge in [-0.3, -0.25) is 0 Å². The van der Waals surface area contributed by atoms with E-state index in [1.807, 2.05) is 25.1 Å². The minimum absolute atomic E-state index is 0.0865. The van der Waals surface area contributed by atoms with Crippen molar-refractivity contribution in [1.82, 2.24) is 0 Å². The molecular weight excluding hydrogens is 532 g/mol. The molecule has 0 bridgehead atoms. The summed E-state index contributed by atoms with van der Waals surface area (Å²) in [4.78, 5) is 46.0. The molecule has 10 nitrogen and oxygen atoms in total. The lowest BCUT2D eigenvalue weighted by molar-refractivity contribution is 0.0649. The number of carboxylic acids is 4. The fourth-order valence-electron chi connectivity index (χ4n) is 4.32. The molecule has 4 aromatic rings. The van der Waals surface area contributed by atoms with Gasteiger partial charge in [0.1, 0.15) is 28.6 Å². The summed E-state index contributed by atoms with van der Waals surface area (Å²) in [7, 11) is 0. The highest BCUT2D eigenvalue weighted by Crippen LogP contribution is 2.34. The minimum atomic E-state index is -1.41. The van der Waals surface area contributed by atoms with Gasteiger partial charge in [-0.25, -0.2) is 19.2 Å². The number of ether oxygens (including phenoxy) is 2. The summed E-state index contributed by atoms with van der Waals surface area (Å²) in [5.74, 6) is -4.69. The first kappa shape index (κ1) is 28.4. The van der Waals surface area contributed by atoms with Crippen LogP contribution in [-0.4, -0.2) is 44.3 Å². The van der Waals surface area contributed by atoms with Crippen LogP contribution in [0.3, 0.4) is 0 Å². The molecule has 0 saturated carbocycles. The molecule has 0 spiro atoms. The van der Waals surface area contributed by atoms with Gasteiger partial charge < -0.3 is 29.9 Å². The van der Waals surface area contributed by atoms with E-state index >= 15 is 0 Å². The van der Waals surface area contributed by atoms with E-state index in [2.05, 4.69) is 0 Å². The summed E-state index contributed by atoms with van der Waals surface area (Å²) in [6, 6.07) is 20.0. The molecule has 41 heavy (non-hydrogen) atoms. The minimum Gasteiger partial charge on any atom is -0.478 e. The summed E-state index contributed by atoms with van der Waals surface area (Å²) >= 11 is 0. The molecule has 0 aliphatic carbocycles. The zero-order chi connectivity index (χ0) is 29.7. The van der Waals surface area contributed by atoms with Crippen LogP contribution in [0, 0.1) is 0 Å². The molecule has 0 fully saturated rings. The van der Waals surface area contributed by atoms with Crippen molar-refractivity contribution in [2.75, 3.05) is 0 Å². The van der Waals surface area contributed by atoms with Crippen LogP contribution in [0.2, 0.25) is 0 Å². The van der Waals surface area contributed by atoms with Crippen molar-refractivity contribution in [2.45, 2.75) is 19.8 Å².